The van der Waals surface area contributed by atoms with Crippen LogP contribution in [0.25, 0.3) is 0 Å². The largest absolute Gasteiger partial charge is 0.305 e. The Kier molecular flexibility index (Phi) is 3.53. The van der Waals surface area contributed by atoms with E-state index in [0.717, 1.165) is 23.9 Å². The molecule has 1 heterocycles. The van der Waals surface area contributed by atoms with Gasteiger partial charge in [0.2, 0.25) is 0 Å². The summed E-state index contributed by atoms with van der Waals surface area (Å²) in [6, 6.07) is 0.783. The lowest BCUT2D eigenvalue weighted by Gasteiger charge is -2.23. The summed E-state index contributed by atoms with van der Waals surface area (Å²) in [7, 11) is 2.21. The Labute approximate surface area is 95.3 Å². The molecule has 0 unspecified atom stereocenters. The summed E-state index contributed by atoms with van der Waals surface area (Å²) in [5, 5.41) is 6.68. The smallest absolute Gasteiger partial charge is 0.194 e. The standard InChI is InChI=1S/C10H18N4S/c1-13(9-4-2-3-5-9)6-7-14-8-11-12-10(14)15/h8-9H,2-7H2,1H3,(H,12,15). The first-order valence-electron chi connectivity index (χ1n) is 5.57. The minimum absolute atomic E-state index is 0.717. The average Bonchev–Trinajstić information content (AvgIpc) is 2.85. The van der Waals surface area contributed by atoms with Crippen LogP contribution in [0.2, 0.25) is 0 Å². The fourth-order valence-corrected chi connectivity index (χ4v) is 2.41. The van der Waals surface area contributed by atoms with E-state index in [1.165, 1.54) is 25.7 Å². The number of rotatable bonds is 4. The van der Waals surface area contributed by atoms with Crippen LogP contribution in [-0.4, -0.2) is 39.3 Å². The van der Waals surface area contributed by atoms with Crippen molar-refractivity contribution < 1.29 is 0 Å². The lowest BCUT2D eigenvalue weighted by molar-refractivity contribution is 0.236. The third-order valence-corrected chi connectivity index (χ3v) is 3.59. The second-order valence-electron chi connectivity index (χ2n) is 4.27. The van der Waals surface area contributed by atoms with Gasteiger partial charge in [0.1, 0.15) is 6.33 Å². The molecule has 1 fully saturated rings. The average molecular weight is 226 g/mol. The maximum Gasteiger partial charge on any atom is 0.194 e. The fourth-order valence-electron chi connectivity index (χ4n) is 2.22. The number of aromatic amines is 1. The molecule has 0 aliphatic heterocycles. The van der Waals surface area contributed by atoms with E-state index in [9.17, 15) is 0 Å². The van der Waals surface area contributed by atoms with Crippen molar-refractivity contribution in [2.75, 3.05) is 13.6 Å². The molecule has 1 saturated carbocycles. The Morgan fingerprint density at radius 1 is 1.60 bits per heavy atom. The SMILES string of the molecule is CN(CCn1cn[nH]c1=S)C1CCCC1. The molecule has 0 aromatic carbocycles. The Morgan fingerprint density at radius 3 is 2.93 bits per heavy atom. The highest BCUT2D eigenvalue weighted by molar-refractivity contribution is 7.71. The summed E-state index contributed by atoms with van der Waals surface area (Å²) in [5.74, 6) is 0. The van der Waals surface area contributed by atoms with E-state index < -0.39 is 0 Å². The van der Waals surface area contributed by atoms with Gasteiger partial charge in [-0.3, -0.25) is 5.10 Å². The van der Waals surface area contributed by atoms with Gasteiger partial charge in [-0.2, -0.15) is 5.10 Å². The molecule has 1 aromatic heterocycles. The van der Waals surface area contributed by atoms with Crippen molar-refractivity contribution in [3.63, 3.8) is 0 Å². The third-order valence-electron chi connectivity index (χ3n) is 3.26. The first-order valence-corrected chi connectivity index (χ1v) is 5.98. The molecule has 1 N–H and O–H groups in total. The molecule has 0 saturated heterocycles. The molecule has 0 spiro atoms. The fraction of sp³-hybridized carbons (Fsp3) is 0.800. The Balaban J connectivity index is 1.82. The molecule has 1 aromatic rings. The summed E-state index contributed by atoms with van der Waals surface area (Å²) in [6.07, 6.45) is 7.26. The molecular weight excluding hydrogens is 208 g/mol. The van der Waals surface area contributed by atoms with Gasteiger partial charge in [0, 0.05) is 19.1 Å². The zero-order valence-corrected chi connectivity index (χ0v) is 9.96. The van der Waals surface area contributed by atoms with E-state index in [4.69, 9.17) is 12.2 Å². The number of hydrogen-bond acceptors (Lipinski definition) is 3. The maximum atomic E-state index is 5.10. The van der Waals surface area contributed by atoms with Crippen LogP contribution in [0.3, 0.4) is 0 Å². The van der Waals surface area contributed by atoms with Crippen LogP contribution in [0.1, 0.15) is 25.7 Å². The summed E-state index contributed by atoms with van der Waals surface area (Å²) in [6.45, 7) is 1.99. The predicted molar refractivity (Wildman–Crippen MR) is 62.3 cm³/mol. The highest BCUT2D eigenvalue weighted by Gasteiger charge is 2.18. The molecule has 4 nitrogen and oxygen atoms in total. The second kappa shape index (κ2) is 4.90. The van der Waals surface area contributed by atoms with Gasteiger partial charge in [0.25, 0.3) is 0 Å². The van der Waals surface area contributed by atoms with E-state index >= 15 is 0 Å². The summed E-state index contributed by atoms with van der Waals surface area (Å²) in [4.78, 5) is 2.45. The topological polar surface area (TPSA) is 36.9 Å². The minimum Gasteiger partial charge on any atom is -0.305 e. The van der Waals surface area contributed by atoms with Gasteiger partial charge in [0.15, 0.2) is 4.77 Å². The van der Waals surface area contributed by atoms with E-state index in [1.54, 1.807) is 6.33 Å². The van der Waals surface area contributed by atoms with Crippen molar-refractivity contribution in [2.45, 2.75) is 38.3 Å². The highest BCUT2D eigenvalue weighted by atomic mass is 32.1. The summed E-state index contributed by atoms with van der Waals surface area (Å²) in [5.41, 5.74) is 0. The van der Waals surface area contributed by atoms with Crippen molar-refractivity contribution in [1.29, 1.82) is 0 Å². The van der Waals surface area contributed by atoms with Crippen LogP contribution in [0, 0.1) is 4.77 Å². The van der Waals surface area contributed by atoms with Gasteiger partial charge >= 0.3 is 0 Å². The Hall–Kier alpha value is -0.680. The van der Waals surface area contributed by atoms with Gasteiger partial charge < -0.3 is 9.47 Å². The van der Waals surface area contributed by atoms with Gasteiger partial charge in [-0.05, 0) is 32.1 Å². The van der Waals surface area contributed by atoms with Gasteiger partial charge in [-0.1, -0.05) is 12.8 Å². The molecule has 0 radical (unpaired) electrons. The van der Waals surface area contributed by atoms with Gasteiger partial charge in [-0.25, -0.2) is 0 Å². The van der Waals surface area contributed by atoms with Crippen LogP contribution >= 0.6 is 12.2 Å². The molecule has 2 rings (SSSR count). The van der Waals surface area contributed by atoms with Crippen LogP contribution < -0.4 is 0 Å². The second-order valence-corrected chi connectivity index (χ2v) is 4.66. The molecular formula is C10H18N4S. The van der Waals surface area contributed by atoms with Crippen molar-refractivity contribution >= 4 is 12.2 Å². The van der Waals surface area contributed by atoms with E-state index in [-0.39, 0.29) is 0 Å². The summed E-state index contributed by atoms with van der Waals surface area (Å²) >= 11 is 5.10. The van der Waals surface area contributed by atoms with E-state index in [2.05, 4.69) is 22.1 Å². The Morgan fingerprint density at radius 2 is 2.33 bits per heavy atom. The molecule has 5 heteroatoms. The van der Waals surface area contributed by atoms with Crippen LogP contribution in [0.4, 0.5) is 0 Å². The van der Waals surface area contributed by atoms with Gasteiger partial charge in [0.05, 0.1) is 0 Å². The first kappa shape index (κ1) is 10.8. The van der Waals surface area contributed by atoms with Crippen molar-refractivity contribution in [3.8, 4) is 0 Å². The maximum absolute atomic E-state index is 5.10. The van der Waals surface area contributed by atoms with Crippen LogP contribution in [-0.2, 0) is 6.54 Å². The van der Waals surface area contributed by atoms with E-state index in [0.29, 0.717) is 0 Å². The lowest BCUT2D eigenvalue weighted by atomic mass is 10.2. The van der Waals surface area contributed by atoms with E-state index in [1.807, 2.05) is 4.57 Å². The van der Waals surface area contributed by atoms with Crippen molar-refractivity contribution in [2.24, 2.45) is 0 Å². The lowest BCUT2D eigenvalue weighted by Crippen LogP contribution is -2.32. The normalized spacial score (nSPS) is 17.7. The quantitative estimate of drug-likeness (QED) is 0.796. The number of nitrogens with one attached hydrogen (secondary N) is 1. The highest BCUT2D eigenvalue weighted by Crippen LogP contribution is 2.22. The Bertz CT molecular complexity index is 350. The predicted octanol–water partition coefficient (Wildman–Crippen LogP) is 1.82. The molecule has 0 atom stereocenters. The summed E-state index contributed by atoms with van der Waals surface area (Å²) < 4.78 is 2.70. The first-order chi connectivity index (χ1) is 7.27. The van der Waals surface area contributed by atoms with Crippen LogP contribution in [0.15, 0.2) is 6.33 Å². The molecule has 0 amide bonds. The molecule has 1 aliphatic carbocycles. The monoisotopic (exact) mass is 226 g/mol. The molecule has 0 bridgehead atoms. The third kappa shape index (κ3) is 2.66. The van der Waals surface area contributed by atoms with Gasteiger partial charge in [-0.15, -0.1) is 0 Å². The van der Waals surface area contributed by atoms with Crippen LogP contribution in [0.5, 0.6) is 0 Å². The van der Waals surface area contributed by atoms with Crippen molar-refractivity contribution in [3.05, 3.63) is 11.1 Å². The zero-order valence-electron chi connectivity index (χ0n) is 9.15. The molecule has 15 heavy (non-hydrogen) atoms. The molecule has 1 aliphatic rings. The molecule has 84 valence electrons. The number of aromatic nitrogens is 3. The van der Waals surface area contributed by atoms with Crippen molar-refractivity contribution in [1.82, 2.24) is 19.7 Å². The number of likely N-dealkylation sites (N-methyl/N-ethyl adjacent to an activating group) is 1. The number of nitrogens with zero attached hydrogens (tertiary/aromatic N) is 3. The zero-order chi connectivity index (χ0) is 10.7. The number of H-pyrrole nitrogens is 1. The minimum atomic E-state index is 0.717. The number of hydrogen-bond donors (Lipinski definition) is 1.